The summed E-state index contributed by atoms with van der Waals surface area (Å²) < 4.78 is 0. The van der Waals surface area contributed by atoms with Gasteiger partial charge in [0, 0.05) is 11.3 Å². The van der Waals surface area contributed by atoms with E-state index in [4.69, 9.17) is 0 Å². The van der Waals surface area contributed by atoms with Gasteiger partial charge in [-0.15, -0.1) is 0 Å². The molecule has 3 aromatic rings. The van der Waals surface area contributed by atoms with Gasteiger partial charge in [0.2, 0.25) is 5.91 Å². The second kappa shape index (κ2) is 6.69. The highest BCUT2D eigenvalue weighted by Crippen LogP contribution is 2.44. The molecule has 132 valence electrons. The Labute approximate surface area is 158 Å². The Balaban J connectivity index is 1.87. The normalized spacial score (nSPS) is 18.3. The molecule has 3 aromatic carbocycles. The van der Waals surface area contributed by atoms with Gasteiger partial charge < -0.3 is 5.32 Å². The van der Waals surface area contributed by atoms with Crippen LogP contribution in [0.3, 0.4) is 0 Å². The van der Waals surface area contributed by atoms with Crippen LogP contribution in [0.25, 0.3) is 0 Å². The minimum Gasteiger partial charge on any atom is -0.324 e. The van der Waals surface area contributed by atoms with E-state index < -0.39 is 5.41 Å². The quantitative estimate of drug-likeness (QED) is 0.547. The number of amides is 1. The number of allylic oxidation sites excluding steroid dienone is 1. The third kappa shape index (κ3) is 2.87. The number of fused-ring (bicyclic) bond motifs is 1. The molecule has 0 spiro atoms. The van der Waals surface area contributed by atoms with Gasteiger partial charge in [-0.25, -0.2) is 0 Å². The molecule has 0 unspecified atom stereocenters. The topological polar surface area (TPSA) is 46.2 Å². The first kappa shape index (κ1) is 17.0. The maximum atomic E-state index is 13.1. The number of carbonyl (C=O) groups is 2. The average Bonchev–Trinajstić information content (AvgIpc) is 2.99. The molecule has 1 heterocycles. The van der Waals surface area contributed by atoms with Gasteiger partial charge in [-0.3, -0.25) is 9.59 Å². The summed E-state index contributed by atoms with van der Waals surface area (Å²) >= 11 is 0. The van der Waals surface area contributed by atoms with Gasteiger partial charge in [0.05, 0.1) is 0 Å². The van der Waals surface area contributed by atoms with Gasteiger partial charge in [0.25, 0.3) is 0 Å². The zero-order valence-corrected chi connectivity index (χ0v) is 15.0. The molecule has 1 amide bonds. The van der Waals surface area contributed by atoms with Gasteiger partial charge in [-0.05, 0) is 30.2 Å². The van der Waals surface area contributed by atoms with Crippen LogP contribution in [0.4, 0.5) is 5.69 Å². The molecule has 3 heteroatoms. The van der Waals surface area contributed by atoms with E-state index in [9.17, 15) is 9.59 Å². The van der Waals surface area contributed by atoms with Crippen molar-refractivity contribution in [2.45, 2.75) is 12.3 Å². The molecule has 1 aliphatic rings. The molecule has 3 nitrogen and oxygen atoms in total. The van der Waals surface area contributed by atoms with Crippen LogP contribution < -0.4 is 5.32 Å². The zero-order chi connectivity index (χ0) is 18.9. The Morgan fingerprint density at radius 3 is 2.30 bits per heavy atom. The van der Waals surface area contributed by atoms with Crippen molar-refractivity contribution in [2.75, 3.05) is 5.32 Å². The van der Waals surface area contributed by atoms with Crippen LogP contribution in [-0.4, -0.2) is 11.7 Å². The van der Waals surface area contributed by atoms with Crippen molar-refractivity contribution in [1.29, 1.82) is 0 Å². The summed E-state index contributed by atoms with van der Waals surface area (Å²) in [6.45, 7) is 2.00. The molecule has 0 saturated carbocycles. The summed E-state index contributed by atoms with van der Waals surface area (Å²) in [6, 6.07) is 24.6. The molecule has 27 heavy (non-hydrogen) atoms. The number of hydrogen-bond donors (Lipinski definition) is 1. The van der Waals surface area contributed by atoms with Crippen LogP contribution in [0, 0.1) is 6.92 Å². The minimum absolute atomic E-state index is 0.125. The lowest BCUT2D eigenvalue weighted by atomic mass is 9.74. The largest absolute Gasteiger partial charge is 0.324 e. The number of carbonyl (C=O) groups excluding carboxylic acids is 2. The van der Waals surface area contributed by atoms with Crippen LogP contribution in [0.15, 0.2) is 91.0 Å². The maximum absolute atomic E-state index is 13.1. The van der Waals surface area contributed by atoms with E-state index in [2.05, 4.69) is 5.32 Å². The SMILES string of the molecule is Cc1ccc2c(c1)[C@](/C=C\C(=O)c1ccccc1)(c1ccccc1)C(=O)N2. The first-order chi connectivity index (χ1) is 13.1. The van der Waals surface area contributed by atoms with Crippen molar-refractivity contribution >= 4 is 17.4 Å². The molecule has 1 atom stereocenters. The van der Waals surface area contributed by atoms with Crippen LogP contribution in [0.5, 0.6) is 0 Å². The summed E-state index contributed by atoms with van der Waals surface area (Å²) in [5.41, 5.74) is 3.13. The van der Waals surface area contributed by atoms with Crippen molar-refractivity contribution in [3.8, 4) is 0 Å². The number of benzene rings is 3. The molecule has 0 radical (unpaired) electrons. The van der Waals surface area contributed by atoms with Crippen molar-refractivity contribution in [3.63, 3.8) is 0 Å². The summed E-state index contributed by atoms with van der Waals surface area (Å²) in [5.74, 6) is -0.272. The second-order valence-corrected chi connectivity index (χ2v) is 6.74. The first-order valence-corrected chi connectivity index (χ1v) is 8.88. The molecule has 0 fully saturated rings. The summed E-state index contributed by atoms with van der Waals surface area (Å²) in [4.78, 5) is 25.8. The van der Waals surface area contributed by atoms with Gasteiger partial charge in [0.1, 0.15) is 5.41 Å². The van der Waals surface area contributed by atoms with Gasteiger partial charge in [-0.1, -0.05) is 84.4 Å². The molecule has 4 rings (SSSR count). The smallest absolute Gasteiger partial charge is 0.243 e. The van der Waals surface area contributed by atoms with Gasteiger partial charge in [-0.2, -0.15) is 0 Å². The lowest BCUT2D eigenvalue weighted by molar-refractivity contribution is -0.118. The second-order valence-electron chi connectivity index (χ2n) is 6.74. The molecule has 0 bridgehead atoms. The predicted molar refractivity (Wildman–Crippen MR) is 107 cm³/mol. The Kier molecular flexibility index (Phi) is 4.21. The number of hydrogen-bond acceptors (Lipinski definition) is 2. The molecule has 1 aliphatic heterocycles. The van der Waals surface area contributed by atoms with E-state index >= 15 is 0 Å². The van der Waals surface area contributed by atoms with Crippen molar-refractivity contribution in [2.24, 2.45) is 0 Å². The lowest BCUT2D eigenvalue weighted by Gasteiger charge is -2.24. The number of rotatable bonds is 4. The number of ketones is 1. The first-order valence-electron chi connectivity index (χ1n) is 8.88. The Morgan fingerprint density at radius 2 is 1.59 bits per heavy atom. The van der Waals surface area contributed by atoms with E-state index in [-0.39, 0.29) is 11.7 Å². The average molecular weight is 353 g/mol. The number of aryl methyl sites for hydroxylation is 1. The van der Waals surface area contributed by atoms with Gasteiger partial charge >= 0.3 is 0 Å². The van der Waals surface area contributed by atoms with Crippen molar-refractivity contribution in [3.05, 3.63) is 113 Å². The molecule has 0 aromatic heterocycles. The van der Waals surface area contributed by atoms with E-state index in [0.29, 0.717) is 5.56 Å². The van der Waals surface area contributed by atoms with Crippen LogP contribution in [0.2, 0.25) is 0 Å². The van der Waals surface area contributed by atoms with Crippen LogP contribution in [-0.2, 0) is 10.2 Å². The highest BCUT2D eigenvalue weighted by Gasteiger charge is 2.46. The molecule has 0 saturated heterocycles. The fourth-order valence-electron chi connectivity index (χ4n) is 3.59. The van der Waals surface area contributed by atoms with E-state index in [1.54, 1.807) is 18.2 Å². The zero-order valence-electron chi connectivity index (χ0n) is 15.0. The summed E-state index contributed by atoms with van der Waals surface area (Å²) in [5, 5.41) is 2.98. The molecular weight excluding hydrogens is 334 g/mol. The van der Waals surface area contributed by atoms with E-state index in [1.807, 2.05) is 73.7 Å². The third-order valence-corrected chi connectivity index (χ3v) is 4.98. The predicted octanol–water partition coefficient (Wildman–Crippen LogP) is 4.67. The fraction of sp³-hybridized carbons (Fsp3) is 0.0833. The van der Waals surface area contributed by atoms with E-state index in [0.717, 1.165) is 22.4 Å². The molecule has 1 N–H and O–H groups in total. The summed E-state index contributed by atoms with van der Waals surface area (Å²) in [7, 11) is 0. The Bertz CT molecular complexity index is 1040. The van der Waals surface area contributed by atoms with Crippen molar-refractivity contribution < 1.29 is 9.59 Å². The highest BCUT2D eigenvalue weighted by atomic mass is 16.2. The molecule has 0 aliphatic carbocycles. The van der Waals surface area contributed by atoms with E-state index in [1.165, 1.54) is 6.08 Å². The standard InChI is InChI=1S/C24H19NO2/c1-17-12-13-21-20(16-17)24(23(27)25-21,19-10-6-3-7-11-19)15-14-22(26)18-8-4-2-5-9-18/h2-16H,1H3,(H,25,27)/b15-14-/t24-/m0/s1. The monoisotopic (exact) mass is 353 g/mol. The number of anilines is 1. The van der Waals surface area contributed by atoms with Crippen LogP contribution >= 0.6 is 0 Å². The van der Waals surface area contributed by atoms with Crippen LogP contribution in [0.1, 0.15) is 27.0 Å². The van der Waals surface area contributed by atoms with Gasteiger partial charge in [0.15, 0.2) is 5.78 Å². The Morgan fingerprint density at radius 1 is 0.926 bits per heavy atom. The minimum atomic E-state index is -1.02. The lowest BCUT2D eigenvalue weighted by Crippen LogP contribution is -2.34. The highest BCUT2D eigenvalue weighted by molar-refractivity contribution is 6.12. The summed E-state index contributed by atoms with van der Waals surface area (Å²) in [6.07, 6.45) is 3.25. The molecular formula is C24H19NO2. The third-order valence-electron chi connectivity index (χ3n) is 4.98. The maximum Gasteiger partial charge on any atom is 0.243 e. The Hall–Kier alpha value is -3.46. The van der Waals surface area contributed by atoms with Crippen molar-refractivity contribution in [1.82, 2.24) is 0 Å². The number of nitrogens with one attached hydrogen (secondary N) is 1. The fourth-order valence-corrected chi connectivity index (χ4v) is 3.59.